The molecular formula is C29H28O5. The van der Waals surface area contributed by atoms with E-state index in [0.29, 0.717) is 18.6 Å². The zero-order chi connectivity index (χ0) is 23.8. The van der Waals surface area contributed by atoms with Gasteiger partial charge in [0, 0.05) is 24.7 Å². The summed E-state index contributed by atoms with van der Waals surface area (Å²) in [4.78, 5) is 26.3. The molecule has 0 heterocycles. The number of methoxy groups -OCH3 is 1. The number of ether oxygens (including phenoxy) is 2. The van der Waals surface area contributed by atoms with Crippen molar-refractivity contribution in [2.45, 2.75) is 37.7 Å². The van der Waals surface area contributed by atoms with Crippen molar-refractivity contribution in [3.63, 3.8) is 0 Å². The normalized spacial score (nSPS) is 23.6. The predicted molar refractivity (Wildman–Crippen MR) is 128 cm³/mol. The van der Waals surface area contributed by atoms with Gasteiger partial charge in [0.2, 0.25) is 0 Å². The molecule has 0 spiro atoms. The highest BCUT2D eigenvalue weighted by molar-refractivity contribution is 5.85. The average Bonchev–Trinajstić information content (AvgIpc) is 3.22. The number of esters is 1. The Morgan fingerprint density at radius 3 is 1.97 bits per heavy atom. The fourth-order valence-electron chi connectivity index (χ4n) is 5.87. The number of fused-ring (bicyclic) bond motifs is 1. The van der Waals surface area contributed by atoms with Crippen LogP contribution in [0.2, 0.25) is 0 Å². The van der Waals surface area contributed by atoms with Crippen LogP contribution in [0.5, 0.6) is 5.75 Å². The van der Waals surface area contributed by atoms with Crippen LogP contribution in [0.3, 0.4) is 0 Å². The molecule has 0 aromatic heterocycles. The van der Waals surface area contributed by atoms with Crippen molar-refractivity contribution >= 4 is 11.9 Å². The molecule has 1 fully saturated rings. The monoisotopic (exact) mass is 456 g/mol. The largest absolute Gasteiger partial charge is 0.496 e. The molecule has 5 heteroatoms. The lowest BCUT2D eigenvalue weighted by atomic mass is 9.52. The summed E-state index contributed by atoms with van der Waals surface area (Å²) in [5.41, 5.74) is 5.00. The number of rotatable bonds is 6. The molecule has 5 rings (SSSR count). The first-order chi connectivity index (χ1) is 16.5. The zero-order valence-corrected chi connectivity index (χ0v) is 19.3. The van der Waals surface area contributed by atoms with Crippen molar-refractivity contribution in [3.05, 3.63) is 101 Å². The van der Waals surface area contributed by atoms with E-state index in [1.165, 1.54) is 11.1 Å². The second-order valence-electron chi connectivity index (χ2n) is 9.28. The van der Waals surface area contributed by atoms with Crippen LogP contribution in [-0.2, 0) is 27.2 Å². The SMILES string of the molecule is COc1ccccc1[C@@H]1[C@@H](C(=O)O)C(c2ccccc2C)[C@@H]1C(=O)OC1Cc2ccccc2C1. The van der Waals surface area contributed by atoms with E-state index >= 15 is 0 Å². The van der Waals surface area contributed by atoms with Gasteiger partial charge in [0.1, 0.15) is 11.9 Å². The summed E-state index contributed by atoms with van der Waals surface area (Å²) >= 11 is 0. The van der Waals surface area contributed by atoms with Gasteiger partial charge in [-0.1, -0.05) is 66.7 Å². The van der Waals surface area contributed by atoms with E-state index in [2.05, 4.69) is 12.1 Å². The zero-order valence-electron chi connectivity index (χ0n) is 19.3. The lowest BCUT2D eigenvalue weighted by Crippen LogP contribution is -2.52. The number of carboxylic acid groups (broad SMARTS) is 1. The molecule has 4 atom stereocenters. The standard InChI is InChI=1S/C29H28O5/c1-17-9-3-6-12-21(17)24-26(28(30)31)25(22-13-7-8-14-23(22)33-2)27(24)29(32)34-20-15-18-10-4-5-11-19(18)16-20/h3-14,20,24-27H,15-16H2,1-2H3,(H,30,31)/t24?,25-,26+,27+/m1/s1. The van der Waals surface area contributed by atoms with Gasteiger partial charge in [-0.2, -0.15) is 0 Å². The van der Waals surface area contributed by atoms with Gasteiger partial charge in [-0.15, -0.1) is 0 Å². The molecule has 5 nitrogen and oxygen atoms in total. The number of carbonyl (C=O) groups is 2. The highest BCUT2D eigenvalue weighted by atomic mass is 16.5. The van der Waals surface area contributed by atoms with Crippen molar-refractivity contribution in [3.8, 4) is 5.75 Å². The second-order valence-corrected chi connectivity index (χ2v) is 9.28. The van der Waals surface area contributed by atoms with Crippen molar-refractivity contribution < 1.29 is 24.2 Å². The number of carboxylic acids is 1. The van der Waals surface area contributed by atoms with Crippen LogP contribution in [0.1, 0.15) is 39.7 Å². The van der Waals surface area contributed by atoms with Crippen LogP contribution in [0.4, 0.5) is 0 Å². The second kappa shape index (κ2) is 8.98. The summed E-state index contributed by atoms with van der Waals surface area (Å²) in [5, 5.41) is 10.3. The number of aryl methyl sites for hydroxylation is 1. The van der Waals surface area contributed by atoms with Crippen molar-refractivity contribution in [2.24, 2.45) is 11.8 Å². The van der Waals surface area contributed by atoms with Gasteiger partial charge in [-0.25, -0.2) is 0 Å². The third-order valence-electron chi connectivity index (χ3n) is 7.45. The number of aliphatic carboxylic acids is 1. The Morgan fingerprint density at radius 2 is 1.35 bits per heavy atom. The molecule has 3 aromatic rings. The summed E-state index contributed by atoms with van der Waals surface area (Å²) < 4.78 is 11.6. The minimum absolute atomic E-state index is 0.232. The van der Waals surface area contributed by atoms with Crippen LogP contribution < -0.4 is 4.74 Å². The van der Waals surface area contributed by atoms with E-state index in [9.17, 15) is 14.7 Å². The lowest BCUT2D eigenvalue weighted by molar-refractivity contribution is -0.167. The van der Waals surface area contributed by atoms with Gasteiger partial charge in [0.25, 0.3) is 0 Å². The number of para-hydroxylation sites is 1. The van der Waals surface area contributed by atoms with E-state index in [0.717, 1.165) is 16.7 Å². The highest BCUT2D eigenvalue weighted by Gasteiger charge is 2.60. The van der Waals surface area contributed by atoms with Crippen LogP contribution in [0.25, 0.3) is 0 Å². The summed E-state index contributed by atoms with van der Waals surface area (Å²) in [5.74, 6) is -3.02. The number of hydrogen-bond acceptors (Lipinski definition) is 4. The molecule has 3 aromatic carbocycles. The molecule has 34 heavy (non-hydrogen) atoms. The minimum atomic E-state index is -0.915. The van der Waals surface area contributed by atoms with E-state index < -0.39 is 29.6 Å². The van der Waals surface area contributed by atoms with Gasteiger partial charge in [0.15, 0.2) is 0 Å². The maximum absolute atomic E-state index is 13.7. The van der Waals surface area contributed by atoms with Crippen LogP contribution in [-0.4, -0.2) is 30.3 Å². The average molecular weight is 457 g/mol. The summed E-state index contributed by atoms with van der Waals surface area (Å²) in [6, 6.07) is 23.2. The van der Waals surface area contributed by atoms with Gasteiger partial charge >= 0.3 is 11.9 Å². The lowest BCUT2D eigenvalue weighted by Gasteiger charge is -2.49. The quantitative estimate of drug-likeness (QED) is 0.534. The molecule has 0 saturated heterocycles. The molecule has 0 amide bonds. The van der Waals surface area contributed by atoms with E-state index in [1.807, 2.05) is 67.6 Å². The molecule has 2 aliphatic carbocycles. The summed E-state index contributed by atoms with van der Waals surface area (Å²) in [6.45, 7) is 1.96. The van der Waals surface area contributed by atoms with Gasteiger partial charge in [-0.05, 0) is 40.8 Å². The topological polar surface area (TPSA) is 72.8 Å². The molecule has 0 aliphatic heterocycles. The molecule has 1 saturated carbocycles. The Bertz CT molecular complexity index is 1210. The Labute approximate surface area is 199 Å². The maximum Gasteiger partial charge on any atom is 0.310 e. The predicted octanol–water partition coefficient (Wildman–Crippen LogP) is 4.91. The molecule has 1 unspecified atom stereocenters. The number of carbonyl (C=O) groups excluding carboxylic acids is 1. The summed E-state index contributed by atoms with van der Waals surface area (Å²) in [7, 11) is 1.56. The van der Waals surface area contributed by atoms with Crippen LogP contribution in [0, 0.1) is 18.8 Å². The van der Waals surface area contributed by atoms with Crippen molar-refractivity contribution in [2.75, 3.05) is 7.11 Å². The fraction of sp³-hybridized carbons (Fsp3) is 0.310. The van der Waals surface area contributed by atoms with Crippen molar-refractivity contribution in [1.29, 1.82) is 0 Å². The Hall–Kier alpha value is -3.60. The van der Waals surface area contributed by atoms with Gasteiger partial charge in [-0.3, -0.25) is 9.59 Å². The third kappa shape index (κ3) is 3.75. The molecule has 0 radical (unpaired) electrons. The van der Waals surface area contributed by atoms with Crippen molar-refractivity contribution in [1.82, 2.24) is 0 Å². The Morgan fingerprint density at radius 1 is 0.794 bits per heavy atom. The molecule has 2 aliphatic rings. The molecule has 0 bridgehead atoms. The van der Waals surface area contributed by atoms with Crippen LogP contribution >= 0.6 is 0 Å². The highest BCUT2D eigenvalue weighted by Crippen LogP contribution is 2.60. The summed E-state index contributed by atoms with van der Waals surface area (Å²) in [6.07, 6.45) is 1.14. The smallest absolute Gasteiger partial charge is 0.310 e. The third-order valence-corrected chi connectivity index (χ3v) is 7.45. The van der Waals surface area contributed by atoms with Gasteiger partial charge < -0.3 is 14.6 Å². The van der Waals surface area contributed by atoms with Gasteiger partial charge in [0.05, 0.1) is 18.9 Å². The minimum Gasteiger partial charge on any atom is -0.496 e. The maximum atomic E-state index is 13.7. The Balaban J connectivity index is 1.51. The number of hydrogen-bond donors (Lipinski definition) is 1. The number of benzene rings is 3. The molecule has 1 N–H and O–H groups in total. The first-order valence-corrected chi connectivity index (χ1v) is 11.7. The first-order valence-electron chi connectivity index (χ1n) is 11.7. The Kier molecular flexibility index (Phi) is 5.86. The fourth-order valence-corrected chi connectivity index (χ4v) is 5.87. The molecule has 174 valence electrons. The molecular weight excluding hydrogens is 428 g/mol. The van der Waals surface area contributed by atoms with Crippen LogP contribution in [0.15, 0.2) is 72.8 Å². The first kappa shape index (κ1) is 22.2. The van der Waals surface area contributed by atoms with E-state index in [-0.39, 0.29) is 12.1 Å². The van der Waals surface area contributed by atoms with E-state index in [4.69, 9.17) is 9.47 Å². The van der Waals surface area contributed by atoms with E-state index in [1.54, 1.807) is 7.11 Å².